The van der Waals surface area contributed by atoms with Crippen LogP contribution in [0.2, 0.25) is 0 Å². The van der Waals surface area contributed by atoms with Crippen molar-refractivity contribution in [3.8, 4) is 5.75 Å². The number of benzene rings is 2. The van der Waals surface area contributed by atoms with E-state index in [2.05, 4.69) is 22.8 Å². The molecular weight excluding hydrogens is 364 g/mol. The fourth-order valence-corrected chi connectivity index (χ4v) is 4.00. The Bertz CT molecular complexity index is 828. The lowest BCUT2D eigenvalue weighted by atomic mass is 9.85. The van der Waals surface area contributed by atoms with Crippen LogP contribution in [0.25, 0.3) is 10.8 Å². The minimum Gasteiger partial charge on any atom is -0.493 e. The molecule has 5 heteroatoms. The van der Waals surface area contributed by atoms with Gasteiger partial charge in [-0.25, -0.2) is 0 Å². The predicted octanol–water partition coefficient (Wildman–Crippen LogP) is 4.20. The van der Waals surface area contributed by atoms with E-state index < -0.39 is 0 Å². The lowest BCUT2D eigenvalue weighted by Gasteiger charge is -2.29. The Morgan fingerprint density at radius 3 is 2.72 bits per heavy atom. The van der Waals surface area contributed by atoms with Crippen molar-refractivity contribution in [1.82, 2.24) is 10.6 Å². The van der Waals surface area contributed by atoms with Crippen molar-refractivity contribution in [1.29, 1.82) is 0 Å². The van der Waals surface area contributed by atoms with Gasteiger partial charge in [-0.3, -0.25) is 9.59 Å². The standard InChI is InChI=1S/C24H32N2O3/c1-17(2)25-24(28)19-10-5-11-20(16-19)26-23(27)14-7-15-29-22-13-6-9-18-8-3-4-12-21(18)22/h3-4,6,8-9,12-13,17,19-20H,5,7,10-11,14-16H2,1-2H3,(H,25,28)(H,26,27). The van der Waals surface area contributed by atoms with E-state index in [0.29, 0.717) is 19.4 Å². The van der Waals surface area contributed by atoms with Crippen molar-refractivity contribution in [2.45, 2.75) is 64.5 Å². The second-order valence-electron chi connectivity index (χ2n) is 8.22. The van der Waals surface area contributed by atoms with Crippen LogP contribution >= 0.6 is 0 Å². The van der Waals surface area contributed by atoms with Gasteiger partial charge in [-0.15, -0.1) is 0 Å². The maximum absolute atomic E-state index is 12.3. The summed E-state index contributed by atoms with van der Waals surface area (Å²) in [5.74, 6) is 1.02. The third-order valence-electron chi connectivity index (χ3n) is 5.40. The molecule has 1 aliphatic carbocycles. The van der Waals surface area contributed by atoms with Crippen LogP contribution in [-0.4, -0.2) is 30.5 Å². The fraction of sp³-hybridized carbons (Fsp3) is 0.500. The van der Waals surface area contributed by atoms with Gasteiger partial charge < -0.3 is 15.4 Å². The molecule has 0 saturated heterocycles. The molecule has 29 heavy (non-hydrogen) atoms. The fourth-order valence-electron chi connectivity index (χ4n) is 4.00. The van der Waals surface area contributed by atoms with Crippen molar-refractivity contribution in [3.05, 3.63) is 42.5 Å². The van der Waals surface area contributed by atoms with Gasteiger partial charge in [-0.05, 0) is 51.0 Å². The van der Waals surface area contributed by atoms with E-state index in [-0.39, 0.29) is 29.8 Å². The van der Waals surface area contributed by atoms with E-state index in [1.165, 1.54) is 0 Å². The van der Waals surface area contributed by atoms with Gasteiger partial charge in [0.2, 0.25) is 11.8 Å². The first-order valence-corrected chi connectivity index (χ1v) is 10.7. The van der Waals surface area contributed by atoms with Crippen LogP contribution in [0.15, 0.2) is 42.5 Å². The summed E-state index contributed by atoms with van der Waals surface area (Å²) in [6.07, 6.45) is 4.67. The number of carbonyl (C=O) groups excluding carboxylic acids is 2. The summed E-state index contributed by atoms with van der Waals surface area (Å²) in [5.41, 5.74) is 0. The van der Waals surface area contributed by atoms with Gasteiger partial charge in [0, 0.05) is 29.8 Å². The molecule has 0 bridgehead atoms. The van der Waals surface area contributed by atoms with E-state index in [9.17, 15) is 9.59 Å². The Hall–Kier alpha value is -2.56. The van der Waals surface area contributed by atoms with Crippen molar-refractivity contribution in [2.75, 3.05) is 6.61 Å². The maximum atomic E-state index is 12.3. The van der Waals surface area contributed by atoms with E-state index in [1.54, 1.807) is 0 Å². The van der Waals surface area contributed by atoms with Crippen molar-refractivity contribution < 1.29 is 14.3 Å². The highest BCUT2D eigenvalue weighted by atomic mass is 16.5. The SMILES string of the molecule is CC(C)NC(=O)C1CCCC(NC(=O)CCCOc2cccc3ccccc23)C1. The number of hydrogen-bond acceptors (Lipinski definition) is 3. The summed E-state index contributed by atoms with van der Waals surface area (Å²) in [5, 5.41) is 8.34. The number of rotatable bonds is 8. The molecule has 5 nitrogen and oxygen atoms in total. The Balaban J connectivity index is 1.40. The minimum absolute atomic E-state index is 0.00569. The first-order chi connectivity index (χ1) is 14.0. The lowest BCUT2D eigenvalue weighted by Crippen LogP contribution is -2.43. The molecule has 2 aromatic carbocycles. The average Bonchev–Trinajstić information content (AvgIpc) is 2.71. The van der Waals surface area contributed by atoms with Gasteiger partial charge in [0.25, 0.3) is 0 Å². The van der Waals surface area contributed by atoms with Gasteiger partial charge in [-0.2, -0.15) is 0 Å². The van der Waals surface area contributed by atoms with Gasteiger partial charge in [0.15, 0.2) is 0 Å². The zero-order valence-electron chi connectivity index (χ0n) is 17.4. The largest absolute Gasteiger partial charge is 0.493 e. The number of amides is 2. The normalized spacial score (nSPS) is 19.1. The molecule has 1 saturated carbocycles. The minimum atomic E-state index is 0.00569. The third-order valence-corrected chi connectivity index (χ3v) is 5.40. The Morgan fingerprint density at radius 1 is 1.10 bits per heavy atom. The molecule has 2 atom stereocenters. The van der Waals surface area contributed by atoms with Crippen LogP contribution in [0.3, 0.4) is 0 Å². The third kappa shape index (κ3) is 6.21. The lowest BCUT2D eigenvalue weighted by molar-refractivity contribution is -0.128. The molecule has 0 aliphatic heterocycles. The Morgan fingerprint density at radius 2 is 1.90 bits per heavy atom. The average molecular weight is 397 g/mol. The van der Waals surface area contributed by atoms with Crippen molar-refractivity contribution in [3.63, 3.8) is 0 Å². The number of carbonyl (C=O) groups is 2. The molecule has 3 rings (SSSR count). The van der Waals surface area contributed by atoms with Crippen LogP contribution in [0.1, 0.15) is 52.4 Å². The van der Waals surface area contributed by atoms with Crippen LogP contribution in [0.4, 0.5) is 0 Å². The van der Waals surface area contributed by atoms with Gasteiger partial charge in [-0.1, -0.05) is 42.8 Å². The number of fused-ring (bicyclic) bond motifs is 1. The maximum Gasteiger partial charge on any atom is 0.223 e. The van der Waals surface area contributed by atoms with E-state index >= 15 is 0 Å². The zero-order chi connectivity index (χ0) is 20.6. The highest BCUT2D eigenvalue weighted by Crippen LogP contribution is 2.26. The quantitative estimate of drug-likeness (QED) is 0.657. The van der Waals surface area contributed by atoms with Crippen LogP contribution in [-0.2, 0) is 9.59 Å². The second kappa shape index (κ2) is 10.3. The molecule has 1 aliphatic rings. The first kappa shape index (κ1) is 21.2. The molecule has 0 radical (unpaired) electrons. The highest BCUT2D eigenvalue weighted by molar-refractivity contribution is 5.88. The molecule has 0 heterocycles. The van der Waals surface area contributed by atoms with Crippen LogP contribution in [0.5, 0.6) is 5.75 Å². The monoisotopic (exact) mass is 396 g/mol. The van der Waals surface area contributed by atoms with Crippen molar-refractivity contribution >= 4 is 22.6 Å². The van der Waals surface area contributed by atoms with Gasteiger partial charge >= 0.3 is 0 Å². The second-order valence-corrected chi connectivity index (χ2v) is 8.22. The molecule has 2 unspecified atom stereocenters. The Kier molecular flexibility index (Phi) is 7.50. The molecule has 156 valence electrons. The van der Waals surface area contributed by atoms with E-state index in [4.69, 9.17) is 4.74 Å². The van der Waals surface area contributed by atoms with Gasteiger partial charge in [0.05, 0.1) is 6.61 Å². The van der Waals surface area contributed by atoms with Crippen molar-refractivity contribution in [2.24, 2.45) is 5.92 Å². The summed E-state index contributed by atoms with van der Waals surface area (Å²) in [6, 6.07) is 14.4. The summed E-state index contributed by atoms with van der Waals surface area (Å²) in [4.78, 5) is 24.6. The molecule has 2 N–H and O–H groups in total. The van der Waals surface area contributed by atoms with Crippen LogP contribution in [0, 0.1) is 5.92 Å². The smallest absolute Gasteiger partial charge is 0.223 e. The zero-order valence-corrected chi connectivity index (χ0v) is 17.4. The summed E-state index contributed by atoms with van der Waals surface area (Å²) >= 11 is 0. The molecule has 0 aromatic heterocycles. The Labute approximate surface area is 173 Å². The summed E-state index contributed by atoms with van der Waals surface area (Å²) < 4.78 is 5.91. The van der Waals surface area contributed by atoms with Crippen LogP contribution < -0.4 is 15.4 Å². The number of ether oxygens (including phenoxy) is 1. The predicted molar refractivity (Wildman–Crippen MR) is 116 cm³/mol. The molecular formula is C24H32N2O3. The van der Waals surface area contributed by atoms with Gasteiger partial charge in [0.1, 0.15) is 5.75 Å². The van der Waals surface area contributed by atoms with E-state index in [0.717, 1.165) is 42.2 Å². The molecule has 0 spiro atoms. The highest BCUT2D eigenvalue weighted by Gasteiger charge is 2.28. The molecule has 2 amide bonds. The number of hydrogen-bond donors (Lipinski definition) is 2. The summed E-state index contributed by atoms with van der Waals surface area (Å²) in [7, 11) is 0. The molecule has 1 fully saturated rings. The van der Waals surface area contributed by atoms with E-state index in [1.807, 2.05) is 44.2 Å². The summed E-state index contributed by atoms with van der Waals surface area (Å²) in [6.45, 7) is 4.45. The topological polar surface area (TPSA) is 67.4 Å². The number of nitrogens with one attached hydrogen (secondary N) is 2. The first-order valence-electron chi connectivity index (χ1n) is 10.7. The molecule has 2 aromatic rings.